The molecule has 0 bridgehead atoms. The van der Waals surface area contributed by atoms with Crippen LogP contribution in [0.1, 0.15) is 37.2 Å². The highest BCUT2D eigenvalue weighted by atomic mass is 16.2. The second kappa shape index (κ2) is 4.21. The maximum absolute atomic E-state index is 11.9. The van der Waals surface area contributed by atoms with E-state index in [4.69, 9.17) is 0 Å². The molecule has 0 unspecified atom stereocenters. The normalized spacial score (nSPS) is 11.6. The lowest BCUT2D eigenvalue weighted by molar-refractivity contribution is 0.101. The van der Waals surface area contributed by atoms with Crippen LogP contribution in [-0.4, -0.2) is 35.9 Å². The molecule has 8 nitrogen and oxygen atoms in total. The number of hydrogen-bond donors (Lipinski definition) is 2. The van der Waals surface area contributed by atoms with Crippen molar-refractivity contribution in [3.05, 3.63) is 18.0 Å². The number of anilines is 1. The van der Waals surface area contributed by atoms with E-state index in [0.29, 0.717) is 11.8 Å². The third-order valence-corrected chi connectivity index (χ3v) is 2.34. The van der Waals surface area contributed by atoms with Gasteiger partial charge < -0.3 is 0 Å². The number of rotatable bonds is 2. The summed E-state index contributed by atoms with van der Waals surface area (Å²) in [5.41, 5.74) is -0.184. The quantitative estimate of drug-likeness (QED) is 0.806. The summed E-state index contributed by atoms with van der Waals surface area (Å²) in [4.78, 5) is 19.9. The van der Waals surface area contributed by atoms with Gasteiger partial charge in [-0.3, -0.25) is 15.2 Å². The summed E-state index contributed by atoms with van der Waals surface area (Å²) >= 11 is 0. The molecular formula is C10H15N7O. The van der Waals surface area contributed by atoms with Gasteiger partial charge in [-0.2, -0.15) is 10.1 Å². The molecule has 0 spiro atoms. The SMILES string of the molecule is Cn1ncnc1NC(=O)c1n[nH]c(C(C)(C)C)n1. The summed E-state index contributed by atoms with van der Waals surface area (Å²) in [5, 5.41) is 13.1. The maximum Gasteiger partial charge on any atom is 0.297 e. The summed E-state index contributed by atoms with van der Waals surface area (Å²) in [6.07, 6.45) is 1.36. The van der Waals surface area contributed by atoms with Crippen LogP contribution in [0.5, 0.6) is 0 Å². The Balaban J connectivity index is 2.15. The zero-order valence-corrected chi connectivity index (χ0v) is 10.7. The van der Waals surface area contributed by atoms with Gasteiger partial charge in [0, 0.05) is 12.5 Å². The topological polar surface area (TPSA) is 101 Å². The maximum atomic E-state index is 11.9. The minimum atomic E-state index is -0.419. The third-order valence-electron chi connectivity index (χ3n) is 2.34. The van der Waals surface area contributed by atoms with E-state index in [9.17, 15) is 4.79 Å². The molecule has 2 heterocycles. The summed E-state index contributed by atoms with van der Waals surface area (Å²) in [6.45, 7) is 5.95. The molecule has 1 amide bonds. The van der Waals surface area contributed by atoms with Gasteiger partial charge in [-0.25, -0.2) is 9.67 Å². The number of amides is 1. The molecule has 96 valence electrons. The number of aromatic nitrogens is 6. The fourth-order valence-electron chi connectivity index (χ4n) is 1.27. The van der Waals surface area contributed by atoms with Crippen molar-refractivity contribution in [2.24, 2.45) is 7.05 Å². The average molecular weight is 249 g/mol. The number of carbonyl (C=O) groups excluding carboxylic acids is 1. The lowest BCUT2D eigenvalue weighted by Gasteiger charge is -2.12. The van der Waals surface area contributed by atoms with Crippen molar-refractivity contribution in [1.82, 2.24) is 29.9 Å². The standard InChI is InChI=1S/C10H15N7O/c1-10(2,3)8-13-6(15-16-8)7(18)14-9-11-5-12-17(9)4/h5H,1-4H3,(H,13,15,16)(H,11,12,14,18). The van der Waals surface area contributed by atoms with Crippen molar-refractivity contribution in [3.8, 4) is 0 Å². The monoisotopic (exact) mass is 249 g/mol. The second-order valence-electron chi connectivity index (χ2n) is 4.92. The molecule has 8 heteroatoms. The van der Waals surface area contributed by atoms with Crippen LogP contribution in [0.2, 0.25) is 0 Å². The summed E-state index contributed by atoms with van der Waals surface area (Å²) in [5.74, 6) is 0.675. The number of nitrogens with one attached hydrogen (secondary N) is 2. The molecule has 0 radical (unpaired) electrons. The minimum Gasteiger partial charge on any atom is -0.288 e. The zero-order valence-electron chi connectivity index (χ0n) is 10.7. The molecule has 0 aliphatic rings. The number of carbonyl (C=O) groups is 1. The summed E-state index contributed by atoms with van der Waals surface area (Å²) < 4.78 is 1.45. The molecule has 18 heavy (non-hydrogen) atoms. The van der Waals surface area contributed by atoms with Crippen molar-refractivity contribution >= 4 is 11.9 Å². The highest BCUT2D eigenvalue weighted by molar-refractivity contribution is 6.00. The van der Waals surface area contributed by atoms with Gasteiger partial charge in [0.2, 0.25) is 11.8 Å². The number of nitrogens with zero attached hydrogens (tertiary/aromatic N) is 5. The Bertz CT molecular complexity index is 563. The average Bonchev–Trinajstić information content (AvgIpc) is 2.87. The Morgan fingerprint density at radius 1 is 1.44 bits per heavy atom. The first-order chi connectivity index (χ1) is 8.38. The van der Waals surface area contributed by atoms with Gasteiger partial charge in [0.1, 0.15) is 12.2 Å². The van der Waals surface area contributed by atoms with Crippen LogP contribution in [0.25, 0.3) is 0 Å². The van der Waals surface area contributed by atoms with Crippen molar-refractivity contribution in [3.63, 3.8) is 0 Å². The van der Waals surface area contributed by atoms with Gasteiger partial charge in [-0.05, 0) is 0 Å². The first kappa shape index (κ1) is 12.2. The van der Waals surface area contributed by atoms with E-state index >= 15 is 0 Å². The van der Waals surface area contributed by atoms with Crippen LogP contribution in [-0.2, 0) is 12.5 Å². The lowest BCUT2D eigenvalue weighted by Crippen LogP contribution is -2.18. The van der Waals surface area contributed by atoms with Crippen molar-refractivity contribution in [2.45, 2.75) is 26.2 Å². The van der Waals surface area contributed by atoms with Crippen LogP contribution in [0.15, 0.2) is 6.33 Å². The Morgan fingerprint density at radius 2 is 2.17 bits per heavy atom. The van der Waals surface area contributed by atoms with Crippen molar-refractivity contribution < 1.29 is 4.79 Å². The van der Waals surface area contributed by atoms with E-state index in [1.807, 2.05) is 20.8 Å². The predicted molar refractivity (Wildman–Crippen MR) is 64.0 cm³/mol. The van der Waals surface area contributed by atoms with E-state index in [-0.39, 0.29) is 11.2 Å². The van der Waals surface area contributed by atoms with E-state index in [1.54, 1.807) is 7.05 Å². The molecule has 0 aliphatic carbocycles. The van der Waals surface area contributed by atoms with Crippen LogP contribution >= 0.6 is 0 Å². The smallest absolute Gasteiger partial charge is 0.288 e. The lowest BCUT2D eigenvalue weighted by atomic mass is 9.96. The van der Waals surface area contributed by atoms with Gasteiger partial charge in [-0.15, -0.1) is 5.10 Å². The van der Waals surface area contributed by atoms with Gasteiger partial charge in [0.05, 0.1) is 0 Å². The molecule has 0 saturated heterocycles. The molecule has 2 aromatic heterocycles. The number of aromatic amines is 1. The second-order valence-corrected chi connectivity index (χ2v) is 4.92. The van der Waals surface area contributed by atoms with Crippen LogP contribution in [0, 0.1) is 0 Å². The molecule has 0 atom stereocenters. The first-order valence-corrected chi connectivity index (χ1v) is 5.46. The molecular weight excluding hydrogens is 234 g/mol. The van der Waals surface area contributed by atoms with Gasteiger partial charge in [0.25, 0.3) is 5.91 Å². The Kier molecular flexibility index (Phi) is 2.85. The zero-order chi connectivity index (χ0) is 13.3. The largest absolute Gasteiger partial charge is 0.297 e. The molecule has 0 aromatic carbocycles. The van der Waals surface area contributed by atoms with Gasteiger partial charge in [-0.1, -0.05) is 20.8 Å². The number of hydrogen-bond acceptors (Lipinski definition) is 5. The van der Waals surface area contributed by atoms with E-state index in [2.05, 4.69) is 30.6 Å². The molecule has 2 aromatic rings. The molecule has 0 fully saturated rings. The van der Waals surface area contributed by atoms with Gasteiger partial charge in [0.15, 0.2) is 0 Å². The van der Waals surface area contributed by atoms with Gasteiger partial charge >= 0.3 is 0 Å². The fraction of sp³-hybridized carbons (Fsp3) is 0.500. The van der Waals surface area contributed by atoms with E-state index in [1.165, 1.54) is 11.0 Å². The van der Waals surface area contributed by atoms with Crippen molar-refractivity contribution in [2.75, 3.05) is 5.32 Å². The molecule has 2 N–H and O–H groups in total. The molecule has 0 aliphatic heterocycles. The minimum absolute atomic E-state index is 0.0860. The summed E-state index contributed by atoms with van der Waals surface area (Å²) in [7, 11) is 1.68. The highest BCUT2D eigenvalue weighted by Crippen LogP contribution is 2.17. The predicted octanol–water partition coefficient (Wildman–Crippen LogP) is 0.483. The van der Waals surface area contributed by atoms with Crippen LogP contribution < -0.4 is 5.32 Å². The number of aryl methyl sites for hydroxylation is 1. The Morgan fingerprint density at radius 3 is 2.67 bits per heavy atom. The third kappa shape index (κ3) is 2.36. The fourth-order valence-corrected chi connectivity index (χ4v) is 1.27. The van der Waals surface area contributed by atoms with Crippen LogP contribution in [0.4, 0.5) is 5.95 Å². The summed E-state index contributed by atoms with van der Waals surface area (Å²) in [6, 6.07) is 0. The van der Waals surface area contributed by atoms with E-state index in [0.717, 1.165) is 0 Å². The molecule has 0 saturated carbocycles. The van der Waals surface area contributed by atoms with Crippen LogP contribution in [0.3, 0.4) is 0 Å². The van der Waals surface area contributed by atoms with Crippen molar-refractivity contribution in [1.29, 1.82) is 0 Å². The number of H-pyrrole nitrogens is 1. The van der Waals surface area contributed by atoms with E-state index < -0.39 is 5.91 Å². The Labute approximate surface area is 104 Å². The first-order valence-electron chi connectivity index (χ1n) is 5.46. The Hall–Kier alpha value is -2.25. The molecule has 2 rings (SSSR count). The highest BCUT2D eigenvalue weighted by Gasteiger charge is 2.21.